The van der Waals surface area contributed by atoms with Crippen molar-refractivity contribution in [2.45, 2.75) is 62.3 Å². The van der Waals surface area contributed by atoms with Crippen molar-refractivity contribution in [3.05, 3.63) is 0 Å². The highest BCUT2D eigenvalue weighted by Crippen LogP contribution is 2.57. The van der Waals surface area contributed by atoms with Crippen LogP contribution >= 0.6 is 31.1 Å². The number of rotatable bonds is 24. The quantitative estimate of drug-likeness (QED) is 0.0503. The number of nitrogens with zero attached hydrogens (tertiary/aromatic N) is 6. The lowest BCUT2D eigenvalue weighted by molar-refractivity contribution is 0.198. The predicted octanol–water partition coefficient (Wildman–Crippen LogP) is 3.81. The van der Waals surface area contributed by atoms with Crippen LogP contribution in [-0.4, -0.2) is 108 Å². The van der Waals surface area contributed by atoms with Crippen LogP contribution in [0, 0.1) is 0 Å². The second kappa shape index (κ2) is 22.5. The Morgan fingerprint density at radius 1 is 0.755 bits per heavy atom. The molecular weight excluding hydrogens is 728 g/mol. The van der Waals surface area contributed by atoms with Crippen LogP contribution < -0.4 is 22.2 Å². The van der Waals surface area contributed by atoms with Crippen molar-refractivity contribution in [3.8, 4) is 0 Å². The van der Waals surface area contributed by atoms with E-state index in [1.165, 1.54) is 6.92 Å². The van der Waals surface area contributed by atoms with Crippen LogP contribution in [0.1, 0.15) is 62.3 Å². The van der Waals surface area contributed by atoms with Gasteiger partial charge < -0.3 is 29.1 Å². The van der Waals surface area contributed by atoms with Gasteiger partial charge in [0.1, 0.15) is 5.45 Å². The van der Waals surface area contributed by atoms with Crippen molar-refractivity contribution in [2.24, 2.45) is 20.7 Å². The van der Waals surface area contributed by atoms with Gasteiger partial charge in [0.15, 0.2) is 0 Å². The van der Waals surface area contributed by atoms with Gasteiger partial charge in [-0.3, -0.25) is 9.13 Å². The summed E-state index contributed by atoms with van der Waals surface area (Å²) in [7, 11) is -15.5. The third-order valence-corrected chi connectivity index (χ3v) is 13.1. The standard InChI is InChI=1S/C25H52N8O12P4/c1-10-38-46(34,39-11-2)20(9)29-22(30-21(26)47(35,40-12-3)41-13-4)27-18-19-28-23-31-24(48(36,42-14-5)43-15-6)33-25(32-23)49(37,44-16-7)45-17-8/h35-36H,10-19H2,1-9H3,(H2,26,27,30)(H,28,31,32,33)/q+2. The van der Waals surface area contributed by atoms with Gasteiger partial charge in [-0.2, -0.15) is 47.8 Å². The summed E-state index contributed by atoms with van der Waals surface area (Å²) < 4.78 is 70.3. The molecule has 0 bridgehead atoms. The van der Waals surface area contributed by atoms with Gasteiger partial charge in [0, 0.05) is 6.54 Å². The minimum atomic E-state index is -4.05. The van der Waals surface area contributed by atoms with Gasteiger partial charge in [-0.1, -0.05) is 0 Å². The molecule has 0 fully saturated rings. The molecule has 20 nitrogen and oxygen atoms in total. The first-order valence-electron chi connectivity index (χ1n) is 15.8. The summed E-state index contributed by atoms with van der Waals surface area (Å²) in [6, 6.07) is 0. The van der Waals surface area contributed by atoms with E-state index in [-0.39, 0.29) is 94.4 Å². The van der Waals surface area contributed by atoms with E-state index in [1.807, 2.05) is 0 Å². The van der Waals surface area contributed by atoms with Gasteiger partial charge in [0.25, 0.3) is 5.57 Å². The molecule has 24 heteroatoms. The highest BCUT2D eigenvalue weighted by Gasteiger charge is 2.50. The van der Waals surface area contributed by atoms with Gasteiger partial charge in [0.05, 0.1) is 59.4 Å². The molecule has 0 saturated heterocycles. The topological polar surface area (TPSA) is 262 Å². The lowest BCUT2D eigenvalue weighted by atomic mass is 10.6. The molecule has 0 aliphatic rings. The molecule has 1 rings (SSSR count). The van der Waals surface area contributed by atoms with Crippen LogP contribution in [0.2, 0.25) is 0 Å². The number of hydrogen-bond acceptors (Lipinski definition) is 17. The fourth-order valence-corrected chi connectivity index (χ4v) is 9.09. The van der Waals surface area contributed by atoms with Crippen molar-refractivity contribution in [1.29, 1.82) is 0 Å². The van der Waals surface area contributed by atoms with Crippen molar-refractivity contribution in [2.75, 3.05) is 71.3 Å². The van der Waals surface area contributed by atoms with Crippen LogP contribution in [0.25, 0.3) is 0 Å². The number of aromatic nitrogens is 3. The molecule has 0 aliphatic carbocycles. The third kappa shape index (κ3) is 13.9. The van der Waals surface area contributed by atoms with E-state index in [4.69, 9.17) is 41.9 Å². The van der Waals surface area contributed by atoms with Crippen LogP contribution in [-0.2, 0) is 45.3 Å². The number of nitrogens with one attached hydrogen (secondary N) is 1. The molecule has 0 atom stereocenters. The third-order valence-electron chi connectivity index (χ3n) is 5.33. The summed E-state index contributed by atoms with van der Waals surface area (Å²) in [5.74, 6) is -0.446. The molecule has 0 amide bonds. The Kier molecular flexibility index (Phi) is 20.9. The van der Waals surface area contributed by atoms with Gasteiger partial charge in [-0.05, 0) is 62.3 Å². The van der Waals surface area contributed by atoms with Crippen LogP contribution in [0.4, 0.5) is 5.95 Å². The molecule has 49 heavy (non-hydrogen) atoms. The summed E-state index contributed by atoms with van der Waals surface area (Å²) in [6.07, 6.45) is 0. The van der Waals surface area contributed by atoms with Crippen LogP contribution in [0.15, 0.2) is 15.0 Å². The zero-order valence-corrected chi connectivity index (χ0v) is 33.2. The molecule has 0 aromatic carbocycles. The Morgan fingerprint density at radius 3 is 1.73 bits per heavy atom. The predicted molar refractivity (Wildman–Crippen MR) is 191 cm³/mol. The minimum Gasteiger partial charge on any atom is -0.352 e. The average Bonchev–Trinajstić information content (AvgIpc) is 3.03. The first kappa shape index (κ1) is 45.6. The van der Waals surface area contributed by atoms with E-state index < -0.39 is 36.7 Å². The number of anilines is 1. The van der Waals surface area contributed by atoms with Crippen molar-refractivity contribution < 1.29 is 55.1 Å². The number of nitrogens with two attached hydrogens (primary N) is 1. The highest BCUT2D eigenvalue weighted by molar-refractivity contribution is 7.78. The SMILES string of the molecule is CCOP(=O)(OCC)C(C)=NC(=NCCNc1nc(P(=O)(OCC)OCC)nc([P+](O)(OCC)OCC)n1)N=C(N)[P+](O)(OCC)OCC. The molecule has 0 unspecified atom stereocenters. The van der Waals surface area contributed by atoms with Gasteiger partial charge in [0.2, 0.25) is 11.9 Å². The van der Waals surface area contributed by atoms with Crippen LogP contribution in [0.5, 0.6) is 0 Å². The second-order valence-corrected chi connectivity index (χ2v) is 16.9. The van der Waals surface area contributed by atoms with E-state index in [9.17, 15) is 18.9 Å². The Morgan fingerprint density at radius 2 is 1.27 bits per heavy atom. The summed E-state index contributed by atoms with van der Waals surface area (Å²) in [5, 5.41) is 2.91. The van der Waals surface area contributed by atoms with E-state index in [0.29, 0.717) is 0 Å². The van der Waals surface area contributed by atoms with E-state index in [1.54, 1.807) is 55.4 Å². The molecule has 1 heterocycles. The highest BCUT2D eigenvalue weighted by atomic mass is 31.2. The Hall–Kier alpha value is -1.46. The molecule has 282 valence electrons. The molecular formula is C25H52N8O12P4+2. The fourth-order valence-electron chi connectivity index (χ4n) is 3.55. The van der Waals surface area contributed by atoms with Gasteiger partial charge in [-0.25, -0.2) is 9.98 Å². The summed E-state index contributed by atoms with van der Waals surface area (Å²) in [4.78, 5) is 47.6. The summed E-state index contributed by atoms with van der Waals surface area (Å²) in [6.45, 7) is 14.9. The summed E-state index contributed by atoms with van der Waals surface area (Å²) in [5.41, 5.74) is 4.94. The van der Waals surface area contributed by atoms with Crippen molar-refractivity contribution >= 4 is 65.1 Å². The van der Waals surface area contributed by atoms with E-state index >= 15 is 0 Å². The maximum Gasteiger partial charge on any atom is 0.487 e. The monoisotopic (exact) mass is 780 g/mol. The molecule has 5 N–H and O–H groups in total. The Bertz CT molecular complexity index is 1320. The lowest BCUT2D eigenvalue weighted by Crippen LogP contribution is -2.33. The molecule has 0 saturated carbocycles. The average molecular weight is 781 g/mol. The lowest BCUT2D eigenvalue weighted by Gasteiger charge is -2.18. The zero-order chi connectivity index (χ0) is 37.1. The number of guanidine groups is 1. The summed E-state index contributed by atoms with van der Waals surface area (Å²) >= 11 is 0. The first-order valence-corrected chi connectivity index (χ1v) is 22.0. The van der Waals surface area contributed by atoms with Gasteiger partial charge >= 0.3 is 42.2 Å². The number of amidine groups is 1. The molecule has 0 radical (unpaired) electrons. The number of aliphatic imine (C=N–C) groups is 3. The fraction of sp³-hybridized carbons (Fsp3) is 0.760. The maximum absolute atomic E-state index is 13.6. The largest absolute Gasteiger partial charge is 0.487 e. The first-order chi connectivity index (χ1) is 23.2. The molecule has 0 aliphatic heterocycles. The second-order valence-electron chi connectivity index (χ2n) is 8.87. The minimum absolute atomic E-state index is 0.00495. The Labute approximate surface area is 289 Å². The maximum atomic E-state index is 13.6. The number of hydrogen-bond donors (Lipinski definition) is 4. The normalized spacial score (nSPS) is 14.1. The van der Waals surface area contributed by atoms with Crippen molar-refractivity contribution in [1.82, 2.24) is 15.0 Å². The van der Waals surface area contributed by atoms with E-state index in [2.05, 4.69) is 35.2 Å². The Balaban J connectivity index is 3.67. The van der Waals surface area contributed by atoms with E-state index in [0.717, 1.165) is 0 Å². The van der Waals surface area contributed by atoms with Gasteiger partial charge in [-0.15, -0.1) is 0 Å². The molecule has 1 aromatic heterocycles. The zero-order valence-electron chi connectivity index (χ0n) is 29.6. The van der Waals surface area contributed by atoms with Crippen LogP contribution in [0.3, 0.4) is 0 Å². The molecule has 1 aromatic rings. The smallest absolute Gasteiger partial charge is 0.352 e. The van der Waals surface area contributed by atoms with Crippen molar-refractivity contribution in [3.63, 3.8) is 0 Å². The molecule has 0 spiro atoms.